The van der Waals surface area contributed by atoms with Crippen molar-refractivity contribution in [2.24, 2.45) is 7.05 Å². The fourth-order valence-corrected chi connectivity index (χ4v) is 3.97. The Balaban J connectivity index is 2.05. The number of H-pyrrole nitrogens is 1. The number of hydrogen-bond acceptors (Lipinski definition) is 4. The SMILES string of the molecule is Cn1ncc(-c2cc(Cl)c(Cl)c3[nH]c4c(c23)CC(=O)NCC4CCO)n1. The summed E-state index contributed by atoms with van der Waals surface area (Å²) in [4.78, 5) is 17.1. The molecular formula is C17H17Cl2N5O2. The summed E-state index contributed by atoms with van der Waals surface area (Å²) in [6.07, 6.45) is 2.41. The number of rotatable bonds is 3. The molecule has 1 unspecified atom stereocenters. The molecule has 1 aliphatic rings. The quantitative estimate of drug-likeness (QED) is 0.636. The van der Waals surface area contributed by atoms with Gasteiger partial charge in [-0.1, -0.05) is 23.2 Å². The zero-order valence-corrected chi connectivity index (χ0v) is 15.5. The van der Waals surface area contributed by atoms with Gasteiger partial charge < -0.3 is 15.4 Å². The molecule has 1 atom stereocenters. The first-order valence-corrected chi connectivity index (χ1v) is 9.02. The molecule has 0 fully saturated rings. The molecule has 1 aliphatic heterocycles. The Morgan fingerprint density at radius 3 is 2.92 bits per heavy atom. The monoisotopic (exact) mass is 393 g/mol. The number of aromatic nitrogens is 4. The van der Waals surface area contributed by atoms with E-state index in [1.54, 1.807) is 19.3 Å². The van der Waals surface area contributed by atoms with Gasteiger partial charge in [-0.15, -0.1) is 0 Å². The Bertz CT molecular complexity index is 1010. The molecule has 136 valence electrons. The molecule has 7 nitrogen and oxygen atoms in total. The number of aliphatic hydroxyl groups is 1. The lowest BCUT2D eigenvalue weighted by atomic mass is 9.95. The van der Waals surface area contributed by atoms with Crippen molar-refractivity contribution in [2.75, 3.05) is 13.2 Å². The van der Waals surface area contributed by atoms with Crippen molar-refractivity contribution in [1.82, 2.24) is 25.3 Å². The topological polar surface area (TPSA) is 95.8 Å². The minimum atomic E-state index is -0.0660. The van der Waals surface area contributed by atoms with Crippen molar-refractivity contribution < 1.29 is 9.90 Å². The number of nitrogens with one attached hydrogen (secondary N) is 2. The Kier molecular flexibility index (Phi) is 4.38. The van der Waals surface area contributed by atoms with Gasteiger partial charge in [0.15, 0.2) is 0 Å². The van der Waals surface area contributed by atoms with Crippen molar-refractivity contribution in [3.05, 3.63) is 33.6 Å². The van der Waals surface area contributed by atoms with Gasteiger partial charge >= 0.3 is 0 Å². The van der Waals surface area contributed by atoms with Gasteiger partial charge in [0.2, 0.25) is 5.91 Å². The van der Waals surface area contributed by atoms with Crippen LogP contribution in [0.2, 0.25) is 10.0 Å². The predicted octanol–water partition coefficient (Wildman–Crippen LogP) is 2.41. The van der Waals surface area contributed by atoms with Gasteiger partial charge in [-0.2, -0.15) is 15.0 Å². The molecule has 0 radical (unpaired) electrons. The number of halogens is 2. The minimum absolute atomic E-state index is 0.0286. The fourth-order valence-electron chi connectivity index (χ4n) is 3.57. The van der Waals surface area contributed by atoms with E-state index in [0.717, 1.165) is 22.2 Å². The molecule has 0 aliphatic carbocycles. The molecule has 3 heterocycles. The highest BCUT2D eigenvalue weighted by Gasteiger charge is 2.29. The van der Waals surface area contributed by atoms with E-state index in [1.165, 1.54) is 4.80 Å². The van der Waals surface area contributed by atoms with E-state index in [9.17, 15) is 9.90 Å². The summed E-state index contributed by atoms with van der Waals surface area (Å²) in [6, 6.07) is 1.76. The lowest BCUT2D eigenvalue weighted by Crippen LogP contribution is -2.26. The second-order valence-corrected chi connectivity index (χ2v) is 7.18. The van der Waals surface area contributed by atoms with Crippen molar-refractivity contribution in [3.8, 4) is 11.3 Å². The average Bonchev–Trinajstić information content (AvgIpc) is 3.16. The maximum absolute atomic E-state index is 12.3. The van der Waals surface area contributed by atoms with Crippen LogP contribution < -0.4 is 5.32 Å². The Morgan fingerprint density at radius 2 is 2.23 bits per heavy atom. The summed E-state index contributed by atoms with van der Waals surface area (Å²) in [5.74, 6) is -0.0952. The second-order valence-electron chi connectivity index (χ2n) is 6.40. The van der Waals surface area contributed by atoms with E-state index >= 15 is 0 Å². The van der Waals surface area contributed by atoms with Crippen LogP contribution in [-0.2, 0) is 18.3 Å². The zero-order chi connectivity index (χ0) is 18.4. The number of carbonyl (C=O) groups excluding carboxylic acids is 1. The highest BCUT2D eigenvalue weighted by Crippen LogP contribution is 2.42. The molecule has 0 spiro atoms. The van der Waals surface area contributed by atoms with E-state index in [1.807, 2.05) is 0 Å². The summed E-state index contributed by atoms with van der Waals surface area (Å²) >= 11 is 12.8. The molecule has 2 aromatic heterocycles. The number of benzene rings is 1. The summed E-state index contributed by atoms with van der Waals surface area (Å²) in [5, 5.41) is 22.5. The average molecular weight is 394 g/mol. The van der Waals surface area contributed by atoms with E-state index < -0.39 is 0 Å². The first kappa shape index (κ1) is 17.3. The van der Waals surface area contributed by atoms with E-state index in [0.29, 0.717) is 34.2 Å². The number of carbonyl (C=O) groups is 1. The molecular weight excluding hydrogens is 377 g/mol. The molecule has 3 aromatic rings. The van der Waals surface area contributed by atoms with Gasteiger partial charge in [0.05, 0.1) is 28.2 Å². The van der Waals surface area contributed by atoms with E-state index in [-0.39, 0.29) is 24.9 Å². The summed E-state index contributed by atoms with van der Waals surface area (Å²) < 4.78 is 0. The van der Waals surface area contributed by atoms with Gasteiger partial charge in [-0.05, 0) is 18.1 Å². The Morgan fingerprint density at radius 1 is 1.42 bits per heavy atom. The number of hydrogen-bond donors (Lipinski definition) is 3. The number of aliphatic hydroxyl groups excluding tert-OH is 1. The lowest BCUT2D eigenvalue weighted by Gasteiger charge is -2.13. The Hall–Kier alpha value is -2.09. The van der Waals surface area contributed by atoms with Gasteiger partial charge in [0, 0.05) is 42.8 Å². The van der Waals surface area contributed by atoms with Gasteiger partial charge in [0.1, 0.15) is 5.69 Å². The molecule has 0 saturated carbocycles. The number of nitrogens with zero attached hydrogens (tertiary/aromatic N) is 3. The first-order valence-electron chi connectivity index (χ1n) is 8.26. The van der Waals surface area contributed by atoms with Crippen LogP contribution in [0.3, 0.4) is 0 Å². The zero-order valence-electron chi connectivity index (χ0n) is 14.0. The van der Waals surface area contributed by atoms with E-state index in [2.05, 4.69) is 20.5 Å². The molecule has 0 bridgehead atoms. The number of fused-ring (bicyclic) bond motifs is 3. The molecule has 0 saturated heterocycles. The van der Waals surface area contributed by atoms with Crippen LogP contribution in [0.1, 0.15) is 23.6 Å². The smallest absolute Gasteiger partial charge is 0.224 e. The molecule has 1 amide bonds. The van der Waals surface area contributed by atoms with Crippen molar-refractivity contribution in [1.29, 1.82) is 0 Å². The Labute approximate surface area is 159 Å². The first-order chi connectivity index (χ1) is 12.5. The van der Waals surface area contributed by atoms with Crippen LogP contribution in [0, 0.1) is 0 Å². The van der Waals surface area contributed by atoms with Crippen LogP contribution in [0.15, 0.2) is 12.3 Å². The van der Waals surface area contributed by atoms with Crippen molar-refractivity contribution >= 4 is 40.0 Å². The standard InChI is InChI=1S/C17H17Cl2N5O2/c1-24-21-7-12(23-24)9-4-11(18)15(19)17-14(9)10-5-13(26)20-6-8(2-3-25)16(10)22-17/h4,7-8,22,25H,2-3,5-6H2,1H3,(H,20,26). The summed E-state index contributed by atoms with van der Waals surface area (Å²) in [7, 11) is 1.74. The van der Waals surface area contributed by atoms with Crippen molar-refractivity contribution in [3.63, 3.8) is 0 Å². The molecule has 4 rings (SSSR count). The normalized spacial score (nSPS) is 17.2. The third-order valence-corrected chi connectivity index (χ3v) is 5.54. The highest BCUT2D eigenvalue weighted by molar-refractivity contribution is 6.45. The van der Waals surface area contributed by atoms with Crippen LogP contribution in [0.25, 0.3) is 22.2 Å². The third kappa shape index (κ3) is 2.76. The van der Waals surface area contributed by atoms with Gasteiger partial charge in [-0.25, -0.2) is 0 Å². The second kappa shape index (κ2) is 6.57. The summed E-state index contributed by atoms with van der Waals surface area (Å²) in [6.45, 7) is 0.492. The lowest BCUT2D eigenvalue weighted by molar-refractivity contribution is -0.120. The molecule has 3 N–H and O–H groups in total. The predicted molar refractivity (Wildman–Crippen MR) is 99.5 cm³/mol. The minimum Gasteiger partial charge on any atom is -0.396 e. The molecule has 9 heteroatoms. The third-order valence-electron chi connectivity index (χ3n) is 4.75. The van der Waals surface area contributed by atoms with Crippen molar-refractivity contribution in [2.45, 2.75) is 18.8 Å². The molecule has 1 aromatic carbocycles. The van der Waals surface area contributed by atoms with Gasteiger partial charge in [-0.3, -0.25) is 4.79 Å². The largest absolute Gasteiger partial charge is 0.396 e. The van der Waals surface area contributed by atoms with Crippen LogP contribution >= 0.6 is 23.2 Å². The van der Waals surface area contributed by atoms with E-state index in [4.69, 9.17) is 23.2 Å². The summed E-state index contributed by atoms with van der Waals surface area (Å²) in [5.41, 5.74) is 3.88. The fraction of sp³-hybridized carbons (Fsp3) is 0.353. The molecule has 26 heavy (non-hydrogen) atoms. The van der Waals surface area contributed by atoms with Gasteiger partial charge in [0.25, 0.3) is 0 Å². The highest BCUT2D eigenvalue weighted by atomic mass is 35.5. The van der Waals surface area contributed by atoms with Crippen LogP contribution in [0.5, 0.6) is 0 Å². The van der Waals surface area contributed by atoms with Crippen LogP contribution in [-0.4, -0.2) is 44.1 Å². The van der Waals surface area contributed by atoms with Crippen LogP contribution in [0.4, 0.5) is 0 Å². The maximum Gasteiger partial charge on any atom is 0.224 e. The number of amides is 1. The number of aryl methyl sites for hydroxylation is 1. The maximum atomic E-state index is 12.3. The number of aromatic amines is 1.